The van der Waals surface area contributed by atoms with E-state index < -0.39 is 0 Å². The highest BCUT2D eigenvalue weighted by atomic mass is 19.1. The van der Waals surface area contributed by atoms with E-state index in [1.807, 2.05) is 32.0 Å². The van der Waals surface area contributed by atoms with E-state index in [2.05, 4.69) is 15.3 Å². The molecule has 1 saturated heterocycles. The number of aromatic nitrogens is 2. The van der Waals surface area contributed by atoms with E-state index in [-0.39, 0.29) is 17.4 Å². The number of nitrogens with zero attached hydrogens (tertiary/aromatic N) is 4. The van der Waals surface area contributed by atoms with Crippen molar-refractivity contribution in [3.8, 4) is 5.69 Å². The molecule has 8 heteroatoms. The Balaban J connectivity index is 1.38. The second kappa shape index (κ2) is 9.21. The number of halogens is 1. The molecule has 0 bridgehead atoms. The predicted molar refractivity (Wildman–Crippen MR) is 122 cm³/mol. The third kappa shape index (κ3) is 4.80. The molecule has 3 aromatic rings. The minimum Gasteiger partial charge on any atom is -0.352 e. The second-order valence-electron chi connectivity index (χ2n) is 7.97. The maximum Gasteiger partial charge on any atom is 0.317 e. The van der Waals surface area contributed by atoms with E-state index >= 15 is 0 Å². The van der Waals surface area contributed by atoms with Gasteiger partial charge in [0.1, 0.15) is 11.6 Å². The molecule has 32 heavy (non-hydrogen) atoms. The number of urea groups is 1. The Morgan fingerprint density at radius 3 is 2.38 bits per heavy atom. The quantitative estimate of drug-likeness (QED) is 0.684. The van der Waals surface area contributed by atoms with Crippen molar-refractivity contribution in [2.24, 2.45) is 0 Å². The number of carbonyl (C=O) groups excluding carboxylic acids is 1. The maximum absolute atomic E-state index is 13.0. The van der Waals surface area contributed by atoms with Gasteiger partial charge in [0, 0.05) is 38.8 Å². The molecule has 0 aliphatic carbocycles. The SMILES string of the molecule is Cc1ccc(-n2nc(N3CCN(C(=O)NCc4ccc(F)cc4)CC3)ccc2=O)cc1C. The molecular weight excluding hydrogens is 409 g/mol. The molecule has 0 atom stereocenters. The molecule has 0 saturated carbocycles. The zero-order valence-electron chi connectivity index (χ0n) is 18.2. The van der Waals surface area contributed by atoms with Gasteiger partial charge in [-0.25, -0.2) is 9.18 Å². The largest absolute Gasteiger partial charge is 0.352 e. The zero-order chi connectivity index (χ0) is 22.7. The number of rotatable bonds is 4. The van der Waals surface area contributed by atoms with Crippen LogP contribution in [0.3, 0.4) is 0 Å². The number of benzene rings is 2. The summed E-state index contributed by atoms with van der Waals surface area (Å²) in [5.74, 6) is 0.405. The number of aryl methyl sites for hydroxylation is 2. The van der Waals surface area contributed by atoms with Crippen molar-refractivity contribution >= 4 is 11.8 Å². The summed E-state index contributed by atoms with van der Waals surface area (Å²) in [4.78, 5) is 28.7. The van der Waals surface area contributed by atoms with E-state index in [0.29, 0.717) is 38.5 Å². The van der Waals surface area contributed by atoms with E-state index in [1.54, 1.807) is 23.1 Å². The Bertz CT molecular complexity index is 1170. The Morgan fingerprint density at radius 1 is 0.969 bits per heavy atom. The predicted octanol–water partition coefficient (Wildman–Crippen LogP) is 3.02. The van der Waals surface area contributed by atoms with E-state index in [0.717, 1.165) is 22.4 Å². The van der Waals surface area contributed by atoms with Gasteiger partial charge in [0.25, 0.3) is 5.56 Å². The lowest BCUT2D eigenvalue weighted by Crippen LogP contribution is -2.52. The van der Waals surface area contributed by atoms with Crippen LogP contribution in [0.15, 0.2) is 59.4 Å². The molecule has 7 nitrogen and oxygen atoms in total. The minimum atomic E-state index is -0.298. The summed E-state index contributed by atoms with van der Waals surface area (Å²) in [6.45, 7) is 6.69. The van der Waals surface area contributed by atoms with Crippen molar-refractivity contribution in [1.29, 1.82) is 0 Å². The van der Waals surface area contributed by atoms with Crippen LogP contribution in [0.25, 0.3) is 5.69 Å². The zero-order valence-corrected chi connectivity index (χ0v) is 18.2. The van der Waals surface area contributed by atoms with Crippen LogP contribution in [0.5, 0.6) is 0 Å². The number of nitrogens with one attached hydrogen (secondary N) is 1. The number of hydrogen-bond acceptors (Lipinski definition) is 4. The van der Waals surface area contributed by atoms with Gasteiger partial charge >= 0.3 is 6.03 Å². The third-order valence-corrected chi connectivity index (χ3v) is 5.77. The number of piperazine rings is 1. The molecule has 1 aromatic heterocycles. The molecule has 2 amide bonds. The van der Waals surface area contributed by atoms with E-state index in [4.69, 9.17) is 0 Å². The summed E-state index contributed by atoms with van der Waals surface area (Å²) < 4.78 is 14.4. The average Bonchev–Trinajstić information content (AvgIpc) is 2.81. The summed E-state index contributed by atoms with van der Waals surface area (Å²) in [6, 6.07) is 15.0. The van der Waals surface area contributed by atoms with Gasteiger partial charge in [-0.2, -0.15) is 4.68 Å². The highest BCUT2D eigenvalue weighted by Crippen LogP contribution is 2.16. The van der Waals surface area contributed by atoms with Crippen LogP contribution in [0, 0.1) is 19.7 Å². The minimum absolute atomic E-state index is 0.151. The van der Waals surface area contributed by atoms with Crippen LogP contribution in [0.4, 0.5) is 15.0 Å². The molecule has 1 fully saturated rings. The van der Waals surface area contributed by atoms with Gasteiger partial charge in [0.15, 0.2) is 0 Å². The molecule has 1 N–H and O–H groups in total. The molecule has 0 radical (unpaired) electrons. The molecule has 0 unspecified atom stereocenters. The molecule has 1 aliphatic heterocycles. The first-order chi connectivity index (χ1) is 15.4. The van der Waals surface area contributed by atoms with Gasteiger partial charge in [-0.05, 0) is 60.9 Å². The third-order valence-electron chi connectivity index (χ3n) is 5.77. The van der Waals surface area contributed by atoms with Crippen molar-refractivity contribution < 1.29 is 9.18 Å². The smallest absolute Gasteiger partial charge is 0.317 e. The first-order valence-electron chi connectivity index (χ1n) is 10.6. The molecule has 2 aromatic carbocycles. The first kappa shape index (κ1) is 21.5. The van der Waals surface area contributed by atoms with Crippen molar-refractivity contribution in [3.63, 3.8) is 0 Å². The molecule has 4 rings (SSSR count). The van der Waals surface area contributed by atoms with Crippen molar-refractivity contribution in [2.45, 2.75) is 20.4 Å². The van der Waals surface area contributed by atoms with E-state index in [1.165, 1.54) is 22.9 Å². The van der Waals surface area contributed by atoms with E-state index in [9.17, 15) is 14.0 Å². The lowest BCUT2D eigenvalue weighted by molar-refractivity contribution is 0.193. The van der Waals surface area contributed by atoms with Gasteiger partial charge in [-0.15, -0.1) is 5.10 Å². The highest BCUT2D eigenvalue weighted by Gasteiger charge is 2.22. The summed E-state index contributed by atoms with van der Waals surface area (Å²) in [6.07, 6.45) is 0. The molecule has 1 aliphatic rings. The van der Waals surface area contributed by atoms with Crippen LogP contribution in [-0.2, 0) is 6.54 Å². The summed E-state index contributed by atoms with van der Waals surface area (Å²) in [5.41, 5.74) is 3.65. The highest BCUT2D eigenvalue weighted by molar-refractivity contribution is 5.74. The van der Waals surface area contributed by atoms with Crippen molar-refractivity contribution in [2.75, 3.05) is 31.1 Å². The van der Waals surface area contributed by atoms with Crippen LogP contribution in [0.2, 0.25) is 0 Å². The standard InChI is InChI=1S/C24H26FN5O2/c1-17-3-8-21(15-18(17)2)30-23(31)10-9-22(27-30)28-11-13-29(14-12-28)24(32)26-16-19-4-6-20(25)7-5-19/h3-10,15H,11-14,16H2,1-2H3,(H,26,32). The average molecular weight is 436 g/mol. The lowest BCUT2D eigenvalue weighted by atomic mass is 10.1. The number of anilines is 1. The second-order valence-corrected chi connectivity index (χ2v) is 7.97. The fraction of sp³-hybridized carbons (Fsp3) is 0.292. The Hall–Kier alpha value is -3.68. The Morgan fingerprint density at radius 2 is 1.69 bits per heavy atom. The molecule has 2 heterocycles. The Labute approximate surface area is 186 Å². The fourth-order valence-electron chi connectivity index (χ4n) is 3.64. The van der Waals surface area contributed by atoms with Gasteiger partial charge in [0.2, 0.25) is 0 Å². The molecule has 166 valence electrons. The van der Waals surface area contributed by atoms with Crippen molar-refractivity contribution in [1.82, 2.24) is 20.0 Å². The van der Waals surface area contributed by atoms with Crippen LogP contribution < -0.4 is 15.8 Å². The van der Waals surface area contributed by atoms with Gasteiger partial charge in [-0.1, -0.05) is 18.2 Å². The Kier molecular flexibility index (Phi) is 6.20. The lowest BCUT2D eigenvalue weighted by Gasteiger charge is -2.35. The van der Waals surface area contributed by atoms with Crippen LogP contribution in [-0.4, -0.2) is 46.9 Å². The first-order valence-corrected chi connectivity index (χ1v) is 10.6. The summed E-state index contributed by atoms with van der Waals surface area (Å²) >= 11 is 0. The van der Waals surface area contributed by atoms with Gasteiger partial charge in [-0.3, -0.25) is 4.79 Å². The number of carbonyl (C=O) groups is 1. The summed E-state index contributed by atoms with van der Waals surface area (Å²) in [5, 5.41) is 7.45. The number of hydrogen-bond donors (Lipinski definition) is 1. The normalized spacial score (nSPS) is 13.8. The van der Waals surface area contributed by atoms with Crippen molar-refractivity contribution in [3.05, 3.63) is 87.5 Å². The van der Waals surface area contributed by atoms with Crippen LogP contribution >= 0.6 is 0 Å². The summed E-state index contributed by atoms with van der Waals surface area (Å²) in [7, 11) is 0. The topological polar surface area (TPSA) is 70.5 Å². The fourth-order valence-corrected chi connectivity index (χ4v) is 3.64. The van der Waals surface area contributed by atoms with Crippen LogP contribution in [0.1, 0.15) is 16.7 Å². The monoisotopic (exact) mass is 435 g/mol. The molecular formula is C24H26FN5O2. The van der Waals surface area contributed by atoms with Gasteiger partial charge in [0.05, 0.1) is 5.69 Å². The maximum atomic E-state index is 13.0. The number of amides is 2. The molecule has 0 spiro atoms. The van der Waals surface area contributed by atoms with Gasteiger partial charge < -0.3 is 15.1 Å².